The van der Waals surface area contributed by atoms with E-state index in [0.717, 1.165) is 5.56 Å². The molecule has 1 aliphatic carbocycles. The van der Waals surface area contributed by atoms with Crippen molar-refractivity contribution in [2.45, 2.75) is 80.7 Å². The minimum atomic E-state index is -1.67. The van der Waals surface area contributed by atoms with E-state index in [9.17, 15) is 40.5 Å². The van der Waals surface area contributed by atoms with Crippen LogP contribution in [0.1, 0.15) is 12.5 Å². The molecule has 14 atom stereocenters. The third-order valence-electron chi connectivity index (χ3n) is 8.24. The van der Waals surface area contributed by atoms with Crippen LogP contribution in [-0.2, 0) is 33.2 Å². The molecule has 0 radical (unpaired) electrons. The van der Waals surface area contributed by atoms with Crippen molar-refractivity contribution in [2.24, 2.45) is 11.8 Å². The first-order chi connectivity index (χ1) is 21.1. The Hall–Kier alpha value is -2.73. The summed E-state index contributed by atoms with van der Waals surface area (Å²) < 4.78 is 34.2. The normalized spacial score (nSPS) is 42.0. The molecule has 3 heterocycles. The molecule has 44 heavy (non-hydrogen) atoms. The number of aliphatic hydroxyl groups excluding tert-OH is 7. The molecule has 0 amide bonds. The lowest BCUT2D eigenvalue weighted by atomic mass is 9.88. The topological polar surface area (TPSA) is 214 Å². The van der Waals surface area contributed by atoms with Crippen molar-refractivity contribution in [1.82, 2.24) is 0 Å². The van der Waals surface area contributed by atoms with Gasteiger partial charge in [0.05, 0.1) is 37.6 Å². The van der Waals surface area contributed by atoms with Crippen LogP contribution < -0.4 is 0 Å². The van der Waals surface area contributed by atoms with Crippen LogP contribution >= 0.6 is 0 Å². The van der Waals surface area contributed by atoms with E-state index < -0.39 is 105 Å². The Labute approximate surface area is 253 Å². The highest BCUT2D eigenvalue weighted by molar-refractivity contribution is 5.87. The first-order valence-corrected chi connectivity index (χ1v) is 14.3. The summed E-state index contributed by atoms with van der Waals surface area (Å²) in [5, 5.41) is 71.9. The largest absolute Gasteiger partial charge is 0.472 e. The number of fused-ring (bicyclic) bond motifs is 1. The number of aliphatic hydroxyl groups is 7. The van der Waals surface area contributed by atoms with E-state index in [4.69, 9.17) is 28.4 Å². The standard InChI is InChI=1S/C30H38O14/c1-14-27(43-20(33)8-7-15-5-3-2-4-6-15)24(36)26(38)29(40-14)41-18-11-16(12-31)21-17(18)9-10-39-28(21)44-30-25(37)23(35)22(34)19(13-32)42-30/h2-11,14,17-19,21-32,34-38H,12-13H2,1H3/b8-7+/t14-,17-,18+,19+,21+,22+,23-,24-,25+,26+,27-,28-,29-,30-/m0/s1. The molecule has 2 saturated heterocycles. The SMILES string of the molecule is C[C@@H]1O[C@@H](O[C@@H]2C=C(CO)[C@H]3[C@H](O[C@@H]4O[C@H](CO)[C@@H](O)[C@H](O)[C@H]4O)OC=C[C@H]32)[C@H](O)[C@H](O)[C@H]1OC(=O)/C=C/c1ccccc1. The Morgan fingerprint density at radius 3 is 2.30 bits per heavy atom. The number of carbonyl (C=O) groups is 1. The number of esters is 1. The van der Waals surface area contributed by atoms with E-state index in [1.54, 1.807) is 37.3 Å². The van der Waals surface area contributed by atoms with Crippen molar-refractivity contribution in [3.63, 3.8) is 0 Å². The van der Waals surface area contributed by atoms with Gasteiger partial charge in [0.15, 0.2) is 18.7 Å². The van der Waals surface area contributed by atoms with Crippen LogP contribution in [0.15, 0.2) is 60.4 Å². The number of carbonyl (C=O) groups excluding carboxylic acids is 1. The fourth-order valence-corrected chi connectivity index (χ4v) is 5.82. The van der Waals surface area contributed by atoms with E-state index in [-0.39, 0.29) is 0 Å². The second-order valence-corrected chi connectivity index (χ2v) is 11.1. The van der Waals surface area contributed by atoms with Crippen LogP contribution in [0.5, 0.6) is 0 Å². The van der Waals surface area contributed by atoms with E-state index >= 15 is 0 Å². The molecule has 242 valence electrons. The Balaban J connectivity index is 1.22. The molecule has 1 aromatic rings. The van der Waals surface area contributed by atoms with Crippen molar-refractivity contribution < 1.29 is 69.0 Å². The molecule has 3 aliphatic heterocycles. The fraction of sp³-hybridized carbons (Fsp3) is 0.567. The van der Waals surface area contributed by atoms with E-state index in [1.165, 1.54) is 12.3 Å². The maximum Gasteiger partial charge on any atom is 0.331 e. The molecule has 0 aromatic heterocycles. The van der Waals surface area contributed by atoms with Gasteiger partial charge in [0.1, 0.15) is 36.6 Å². The molecule has 0 bridgehead atoms. The maximum absolute atomic E-state index is 12.4. The van der Waals surface area contributed by atoms with Gasteiger partial charge in [-0.25, -0.2) is 4.79 Å². The van der Waals surface area contributed by atoms with Crippen LogP contribution in [0.25, 0.3) is 6.08 Å². The monoisotopic (exact) mass is 622 g/mol. The third-order valence-corrected chi connectivity index (χ3v) is 8.24. The zero-order valence-electron chi connectivity index (χ0n) is 23.8. The van der Waals surface area contributed by atoms with Crippen molar-refractivity contribution in [1.29, 1.82) is 0 Å². The first kappa shape index (κ1) is 32.7. The average molecular weight is 623 g/mol. The van der Waals surface area contributed by atoms with Gasteiger partial charge in [-0.15, -0.1) is 0 Å². The molecule has 1 aromatic carbocycles. The quantitative estimate of drug-likeness (QED) is 0.0931. The minimum Gasteiger partial charge on any atom is -0.472 e. The molecule has 0 spiro atoms. The summed E-state index contributed by atoms with van der Waals surface area (Å²) in [7, 11) is 0. The van der Waals surface area contributed by atoms with E-state index in [1.807, 2.05) is 18.2 Å². The van der Waals surface area contributed by atoms with Gasteiger partial charge in [0.25, 0.3) is 0 Å². The van der Waals surface area contributed by atoms with E-state index in [2.05, 4.69) is 0 Å². The molecule has 7 N–H and O–H groups in total. The van der Waals surface area contributed by atoms with Gasteiger partial charge < -0.3 is 64.2 Å². The Morgan fingerprint density at radius 1 is 0.886 bits per heavy atom. The number of ether oxygens (including phenoxy) is 6. The number of benzene rings is 1. The summed E-state index contributed by atoms with van der Waals surface area (Å²) in [4.78, 5) is 12.4. The van der Waals surface area contributed by atoms with Gasteiger partial charge in [-0.1, -0.05) is 36.4 Å². The lowest BCUT2D eigenvalue weighted by Gasteiger charge is -2.43. The Bertz CT molecular complexity index is 1200. The van der Waals surface area contributed by atoms with Crippen LogP contribution in [0, 0.1) is 11.8 Å². The maximum atomic E-state index is 12.4. The molecule has 5 rings (SSSR count). The Morgan fingerprint density at radius 2 is 1.59 bits per heavy atom. The minimum absolute atomic E-state index is 0.422. The highest BCUT2D eigenvalue weighted by Gasteiger charge is 2.52. The summed E-state index contributed by atoms with van der Waals surface area (Å²) in [6.07, 6.45) is -8.68. The first-order valence-electron chi connectivity index (χ1n) is 14.3. The lowest BCUT2D eigenvalue weighted by Crippen LogP contribution is -2.60. The predicted molar refractivity (Wildman–Crippen MR) is 148 cm³/mol. The molecule has 0 unspecified atom stereocenters. The summed E-state index contributed by atoms with van der Waals surface area (Å²) >= 11 is 0. The van der Waals surface area contributed by atoms with Gasteiger partial charge >= 0.3 is 5.97 Å². The van der Waals surface area contributed by atoms with Crippen LogP contribution in [0.2, 0.25) is 0 Å². The van der Waals surface area contributed by atoms with Crippen molar-refractivity contribution in [3.8, 4) is 0 Å². The highest BCUT2D eigenvalue weighted by Crippen LogP contribution is 2.43. The average Bonchev–Trinajstić information content (AvgIpc) is 3.39. The number of hydrogen-bond acceptors (Lipinski definition) is 14. The van der Waals surface area contributed by atoms with E-state index in [0.29, 0.717) is 5.57 Å². The zero-order chi connectivity index (χ0) is 31.5. The molecule has 2 fully saturated rings. The highest BCUT2D eigenvalue weighted by atomic mass is 16.8. The summed E-state index contributed by atoms with van der Waals surface area (Å²) in [6, 6.07) is 9.08. The van der Waals surface area contributed by atoms with Crippen molar-refractivity contribution >= 4 is 12.0 Å². The summed E-state index contributed by atoms with van der Waals surface area (Å²) in [5.41, 5.74) is 1.22. The second kappa shape index (κ2) is 14.1. The zero-order valence-corrected chi connectivity index (χ0v) is 23.8. The summed E-state index contributed by atoms with van der Waals surface area (Å²) in [6.45, 7) is 0.502. The smallest absolute Gasteiger partial charge is 0.331 e. The van der Waals surface area contributed by atoms with Gasteiger partial charge in [-0.05, 0) is 30.2 Å². The van der Waals surface area contributed by atoms with Crippen molar-refractivity contribution in [2.75, 3.05) is 13.2 Å². The van der Waals surface area contributed by atoms with Crippen LogP contribution in [0.4, 0.5) is 0 Å². The third kappa shape index (κ3) is 6.76. The fourth-order valence-electron chi connectivity index (χ4n) is 5.82. The van der Waals surface area contributed by atoms with Crippen LogP contribution in [-0.4, -0.2) is 129 Å². The molecule has 4 aliphatic rings. The van der Waals surface area contributed by atoms with Gasteiger partial charge in [-0.2, -0.15) is 0 Å². The predicted octanol–water partition coefficient (Wildman–Crippen LogP) is -1.69. The molecule has 0 saturated carbocycles. The lowest BCUT2D eigenvalue weighted by molar-refractivity contribution is -0.341. The van der Waals surface area contributed by atoms with Crippen LogP contribution in [0.3, 0.4) is 0 Å². The molecular weight excluding hydrogens is 584 g/mol. The number of hydrogen-bond donors (Lipinski definition) is 7. The molecule has 14 heteroatoms. The second-order valence-electron chi connectivity index (χ2n) is 11.1. The van der Waals surface area contributed by atoms with Gasteiger partial charge in [0.2, 0.25) is 6.29 Å². The van der Waals surface area contributed by atoms with Gasteiger partial charge in [-0.3, -0.25) is 0 Å². The number of rotatable bonds is 9. The molecular formula is C30H38O14. The van der Waals surface area contributed by atoms with Crippen molar-refractivity contribution in [3.05, 3.63) is 66.0 Å². The molecule has 14 nitrogen and oxygen atoms in total. The Kier molecular flexibility index (Phi) is 10.5. The summed E-state index contributed by atoms with van der Waals surface area (Å²) in [5.74, 6) is -1.93. The van der Waals surface area contributed by atoms with Gasteiger partial charge in [0, 0.05) is 12.0 Å².